The highest BCUT2D eigenvalue weighted by atomic mass is 35.5. The molecular weight excluding hydrogens is 216 g/mol. The van der Waals surface area contributed by atoms with Gasteiger partial charge < -0.3 is 15.8 Å². The molecule has 1 rings (SSSR count). The monoisotopic (exact) mass is 236 g/mol. The third kappa shape index (κ3) is 5.35. The Balaban J connectivity index is 0.00000196. The van der Waals surface area contributed by atoms with Crippen molar-refractivity contribution in [3.8, 4) is 0 Å². The van der Waals surface area contributed by atoms with E-state index in [0.29, 0.717) is 19.2 Å². The van der Waals surface area contributed by atoms with Gasteiger partial charge in [-0.25, -0.2) is 0 Å². The summed E-state index contributed by atoms with van der Waals surface area (Å²) in [4.78, 5) is 11.6. The molecule has 0 unspecified atom stereocenters. The zero-order valence-corrected chi connectivity index (χ0v) is 10.0. The van der Waals surface area contributed by atoms with Crippen molar-refractivity contribution in [2.24, 2.45) is 11.7 Å². The molecule has 0 aromatic carbocycles. The number of methoxy groups -OCH3 is 1. The van der Waals surface area contributed by atoms with E-state index in [2.05, 4.69) is 5.32 Å². The summed E-state index contributed by atoms with van der Waals surface area (Å²) in [5.41, 5.74) is 5.77. The first kappa shape index (κ1) is 14.7. The molecule has 0 saturated heterocycles. The first-order valence-electron chi connectivity index (χ1n) is 5.26. The average molecular weight is 237 g/mol. The number of carbonyl (C=O) groups is 1. The van der Waals surface area contributed by atoms with Gasteiger partial charge in [0.2, 0.25) is 5.91 Å². The molecule has 90 valence electrons. The summed E-state index contributed by atoms with van der Waals surface area (Å²) in [6.45, 7) is 1.19. The molecule has 1 amide bonds. The lowest BCUT2D eigenvalue weighted by atomic mass is 9.86. The van der Waals surface area contributed by atoms with Gasteiger partial charge in [-0.1, -0.05) is 0 Å². The molecule has 4 nitrogen and oxygen atoms in total. The minimum Gasteiger partial charge on any atom is -0.383 e. The Morgan fingerprint density at radius 1 is 1.40 bits per heavy atom. The quantitative estimate of drug-likeness (QED) is 0.706. The highest BCUT2D eigenvalue weighted by molar-refractivity contribution is 5.85. The molecule has 1 aliphatic carbocycles. The van der Waals surface area contributed by atoms with Crippen LogP contribution < -0.4 is 11.1 Å². The van der Waals surface area contributed by atoms with Crippen LogP contribution in [0.15, 0.2) is 0 Å². The van der Waals surface area contributed by atoms with Crippen LogP contribution in [0.2, 0.25) is 0 Å². The predicted octanol–water partition coefficient (Wildman–Crippen LogP) is 0.688. The minimum absolute atomic E-state index is 0. The molecule has 5 heteroatoms. The summed E-state index contributed by atoms with van der Waals surface area (Å²) in [6.07, 6.45) is 3.81. The Hall–Kier alpha value is -0.320. The van der Waals surface area contributed by atoms with E-state index < -0.39 is 0 Å². The van der Waals surface area contributed by atoms with Gasteiger partial charge in [0.25, 0.3) is 0 Å². The van der Waals surface area contributed by atoms with Gasteiger partial charge in [-0.3, -0.25) is 4.79 Å². The lowest BCUT2D eigenvalue weighted by Crippen LogP contribution is -2.37. The van der Waals surface area contributed by atoms with Crippen LogP contribution in [0.5, 0.6) is 0 Å². The lowest BCUT2D eigenvalue weighted by molar-refractivity contribution is -0.126. The van der Waals surface area contributed by atoms with Crippen molar-refractivity contribution in [3.05, 3.63) is 0 Å². The molecular formula is C10H21ClN2O2. The number of nitrogens with one attached hydrogen (secondary N) is 1. The Morgan fingerprint density at radius 2 is 2.00 bits per heavy atom. The number of carbonyl (C=O) groups excluding carboxylic acids is 1. The van der Waals surface area contributed by atoms with E-state index in [1.165, 1.54) is 0 Å². The van der Waals surface area contributed by atoms with Crippen molar-refractivity contribution in [1.82, 2.24) is 5.32 Å². The van der Waals surface area contributed by atoms with E-state index in [-0.39, 0.29) is 24.2 Å². The molecule has 0 heterocycles. The first-order chi connectivity index (χ1) is 6.74. The van der Waals surface area contributed by atoms with Crippen LogP contribution in [-0.4, -0.2) is 32.2 Å². The second-order valence-electron chi connectivity index (χ2n) is 3.90. The van der Waals surface area contributed by atoms with E-state index in [0.717, 1.165) is 25.7 Å². The molecule has 0 aromatic rings. The maximum atomic E-state index is 11.6. The molecule has 0 aromatic heterocycles. The number of ether oxygens (including phenoxy) is 1. The van der Waals surface area contributed by atoms with Gasteiger partial charge in [-0.2, -0.15) is 0 Å². The molecule has 15 heavy (non-hydrogen) atoms. The normalized spacial score (nSPS) is 25.5. The van der Waals surface area contributed by atoms with E-state index in [1.54, 1.807) is 7.11 Å². The molecule has 0 aliphatic heterocycles. The van der Waals surface area contributed by atoms with Crippen LogP contribution in [0.1, 0.15) is 25.7 Å². The summed E-state index contributed by atoms with van der Waals surface area (Å²) >= 11 is 0. The van der Waals surface area contributed by atoms with Gasteiger partial charge >= 0.3 is 0 Å². The molecule has 3 N–H and O–H groups in total. The summed E-state index contributed by atoms with van der Waals surface area (Å²) in [5.74, 6) is 0.334. The Morgan fingerprint density at radius 3 is 2.53 bits per heavy atom. The lowest BCUT2D eigenvalue weighted by Gasteiger charge is -2.25. The largest absolute Gasteiger partial charge is 0.383 e. The second-order valence-corrected chi connectivity index (χ2v) is 3.90. The number of halogens is 1. The third-order valence-corrected chi connectivity index (χ3v) is 2.75. The fourth-order valence-electron chi connectivity index (χ4n) is 1.80. The molecule has 1 saturated carbocycles. The zero-order valence-electron chi connectivity index (χ0n) is 9.20. The van der Waals surface area contributed by atoms with E-state index >= 15 is 0 Å². The predicted molar refractivity (Wildman–Crippen MR) is 62.1 cm³/mol. The Labute approximate surface area is 97.3 Å². The van der Waals surface area contributed by atoms with Crippen LogP contribution in [0.4, 0.5) is 0 Å². The second kappa shape index (κ2) is 7.91. The Kier molecular flexibility index (Phi) is 7.74. The van der Waals surface area contributed by atoms with Gasteiger partial charge in [-0.15, -0.1) is 12.4 Å². The Bertz CT molecular complexity index is 182. The molecule has 1 aliphatic rings. The van der Waals surface area contributed by atoms with E-state index in [9.17, 15) is 4.79 Å². The molecule has 0 atom stereocenters. The number of nitrogens with two attached hydrogens (primary N) is 1. The van der Waals surface area contributed by atoms with Crippen LogP contribution in [0.25, 0.3) is 0 Å². The fraction of sp³-hybridized carbons (Fsp3) is 0.900. The van der Waals surface area contributed by atoms with Gasteiger partial charge in [0.05, 0.1) is 6.61 Å². The van der Waals surface area contributed by atoms with Crippen LogP contribution >= 0.6 is 12.4 Å². The van der Waals surface area contributed by atoms with Gasteiger partial charge in [0, 0.05) is 25.6 Å². The number of hydrogen-bond acceptors (Lipinski definition) is 3. The van der Waals surface area contributed by atoms with Crippen LogP contribution in [0.3, 0.4) is 0 Å². The fourth-order valence-corrected chi connectivity index (χ4v) is 1.80. The topological polar surface area (TPSA) is 64.3 Å². The average Bonchev–Trinajstić information content (AvgIpc) is 2.19. The molecule has 0 spiro atoms. The minimum atomic E-state index is 0. The van der Waals surface area contributed by atoms with Crippen molar-refractivity contribution in [2.45, 2.75) is 31.7 Å². The van der Waals surface area contributed by atoms with Crippen LogP contribution in [-0.2, 0) is 9.53 Å². The van der Waals surface area contributed by atoms with Gasteiger partial charge in [-0.05, 0) is 25.7 Å². The highest BCUT2D eigenvalue weighted by Crippen LogP contribution is 2.22. The number of rotatable bonds is 4. The number of amides is 1. The smallest absolute Gasteiger partial charge is 0.223 e. The van der Waals surface area contributed by atoms with Crippen molar-refractivity contribution < 1.29 is 9.53 Å². The van der Waals surface area contributed by atoms with Gasteiger partial charge in [0.15, 0.2) is 0 Å². The molecule has 1 fully saturated rings. The number of hydrogen-bond donors (Lipinski definition) is 2. The first-order valence-corrected chi connectivity index (χ1v) is 5.26. The third-order valence-electron chi connectivity index (χ3n) is 2.75. The molecule has 0 radical (unpaired) electrons. The van der Waals surface area contributed by atoms with Crippen molar-refractivity contribution in [3.63, 3.8) is 0 Å². The van der Waals surface area contributed by atoms with Gasteiger partial charge in [0.1, 0.15) is 0 Å². The van der Waals surface area contributed by atoms with Crippen molar-refractivity contribution >= 4 is 18.3 Å². The maximum Gasteiger partial charge on any atom is 0.223 e. The van der Waals surface area contributed by atoms with Crippen LogP contribution in [0, 0.1) is 5.92 Å². The standard InChI is InChI=1S/C10H20N2O2.ClH/c1-14-7-6-12-10(13)8-2-4-9(11)5-3-8;/h8-9H,2-7,11H2,1H3,(H,12,13);1H/t8-,9-;. The zero-order chi connectivity index (χ0) is 10.4. The van der Waals surface area contributed by atoms with Crippen molar-refractivity contribution in [1.29, 1.82) is 0 Å². The summed E-state index contributed by atoms with van der Waals surface area (Å²) in [5, 5.41) is 2.86. The van der Waals surface area contributed by atoms with E-state index in [4.69, 9.17) is 10.5 Å². The molecule has 0 bridgehead atoms. The van der Waals surface area contributed by atoms with E-state index in [1.807, 2.05) is 0 Å². The highest BCUT2D eigenvalue weighted by Gasteiger charge is 2.23. The summed E-state index contributed by atoms with van der Waals surface area (Å²) in [6, 6.07) is 0.304. The SMILES string of the molecule is COCCNC(=O)[C@H]1CC[C@H](N)CC1.Cl. The maximum absolute atomic E-state index is 11.6. The summed E-state index contributed by atoms with van der Waals surface area (Å²) in [7, 11) is 1.63. The van der Waals surface area contributed by atoms with Crippen molar-refractivity contribution in [2.75, 3.05) is 20.3 Å². The summed E-state index contributed by atoms with van der Waals surface area (Å²) < 4.78 is 4.86.